The molecule has 1 aliphatic carbocycles. The quantitative estimate of drug-likeness (QED) is 0.312. The second-order valence-electron chi connectivity index (χ2n) is 12.7. The van der Waals surface area contributed by atoms with E-state index in [-0.39, 0.29) is 5.60 Å². The van der Waals surface area contributed by atoms with Gasteiger partial charge in [0.2, 0.25) is 0 Å². The average Bonchev–Trinajstić information content (AvgIpc) is 3.40. The van der Waals surface area contributed by atoms with Crippen LogP contribution < -0.4 is 9.47 Å². The summed E-state index contributed by atoms with van der Waals surface area (Å²) in [6.07, 6.45) is 14.6. The van der Waals surface area contributed by atoms with Crippen LogP contribution in [0.15, 0.2) is 0 Å². The number of ether oxygens (including phenoxy) is 2. The van der Waals surface area contributed by atoms with Crippen molar-refractivity contribution in [2.24, 2.45) is 23.2 Å². The standard InChI is InChI=1S/C31H52O2/c1-21(2)12-10-17-30(7)20-26(30)15-14-22(3)13-11-18-31(8)19-16-27-25(6)28(32-9)23(4)24(5)29(27)33-31/h21-22,26H,10-20H2,1-9H3/t22?,26?,30-,31?/m0/s1. The molecule has 3 rings (SSSR count). The Hall–Kier alpha value is -1.18. The van der Waals surface area contributed by atoms with E-state index in [2.05, 4.69) is 55.4 Å². The van der Waals surface area contributed by atoms with E-state index < -0.39 is 0 Å². The number of rotatable bonds is 12. The molecule has 33 heavy (non-hydrogen) atoms. The highest BCUT2D eigenvalue weighted by Crippen LogP contribution is 2.58. The summed E-state index contributed by atoms with van der Waals surface area (Å²) in [6.45, 7) is 18.6. The fourth-order valence-electron chi connectivity index (χ4n) is 6.39. The Morgan fingerprint density at radius 2 is 1.64 bits per heavy atom. The third-order valence-corrected chi connectivity index (χ3v) is 9.25. The zero-order valence-electron chi connectivity index (χ0n) is 23.3. The third kappa shape index (κ3) is 6.29. The van der Waals surface area contributed by atoms with Crippen LogP contribution in [0.4, 0.5) is 0 Å². The van der Waals surface area contributed by atoms with E-state index in [0.29, 0.717) is 5.41 Å². The lowest BCUT2D eigenvalue weighted by atomic mass is 9.83. The van der Waals surface area contributed by atoms with Crippen LogP contribution in [-0.4, -0.2) is 12.7 Å². The normalized spacial score (nSPS) is 27.3. The van der Waals surface area contributed by atoms with Crippen LogP contribution in [-0.2, 0) is 6.42 Å². The van der Waals surface area contributed by atoms with E-state index in [1.54, 1.807) is 7.11 Å². The van der Waals surface area contributed by atoms with E-state index >= 15 is 0 Å². The van der Waals surface area contributed by atoms with Crippen molar-refractivity contribution in [3.05, 3.63) is 22.3 Å². The molecule has 0 bridgehead atoms. The molecular weight excluding hydrogens is 404 g/mol. The van der Waals surface area contributed by atoms with Gasteiger partial charge in [0, 0.05) is 5.56 Å². The highest BCUT2D eigenvalue weighted by Gasteiger charge is 2.48. The van der Waals surface area contributed by atoms with Gasteiger partial charge in [0.25, 0.3) is 0 Å². The van der Waals surface area contributed by atoms with Crippen LogP contribution in [0.3, 0.4) is 0 Å². The number of fused-ring (bicyclic) bond motifs is 1. The van der Waals surface area contributed by atoms with Gasteiger partial charge in [0.15, 0.2) is 0 Å². The van der Waals surface area contributed by atoms with Gasteiger partial charge in [-0.25, -0.2) is 0 Å². The first-order valence-corrected chi connectivity index (χ1v) is 13.9. The molecule has 1 fully saturated rings. The fraction of sp³-hybridized carbons (Fsp3) is 0.806. The molecule has 2 aliphatic rings. The number of methoxy groups -OCH3 is 1. The average molecular weight is 457 g/mol. The molecule has 1 aliphatic heterocycles. The maximum Gasteiger partial charge on any atom is 0.127 e. The van der Waals surface area contributed by atoms with Gasteiger partial charge in [-0.15, -0.1) is 0 Å². The Morgan fingerprint density at radius 1 is 0.939 bits per heavy atom. The SMILES string of the molecule is COc1c(C)c(C)c2c(c1C)CCC(C)(CCCC(C)CCC1C[C@]1(C)CCCC(C)C)O2. The molecule has 0 amide bonds. The molecule has 0 spiro atoms. The molecule has 1 aromatic carbocycles. The van der Waals surface area contributed by atoms with Crippen molar-refractivity contribution in [1.82, 2.24) is 0 Å². The van der Waals surface area contributed by atoms with Crippen LogP contribution in [0, 0.1) is 43.9 Å². The number of benzene rings is 1. The minimum atomic E-state index is -0.0313. The Bertz CT molecular complexity index is 810. The smallest absolute Gasteiger partial charge is 0.127 e. The van der Waals surface area contributed by atoms with Gasteiger partial charge in [-0.05, 0) is 112 Å². The molecule has 0 N–H and O–H groups in total. The molecule has 3 unspecified atom stereocenters. The maximum atomic E-state index is 6.73. The van der Waals surface area contributed by atoms with Crippen LogP contribution in [0.25, 0.3) is 0 Å². The minimum absolute atomic E-state index is 0.0313. The van der Waals surface area contributed by atoms with E-state index in [0.717, 1.165) is 48.5 Å². The Labute approximate surface area is 205 Å². The summed E-state index contributed by atoms with van der Waals surface area (Å²) in [6, 6.07) is 0. The van der Waals surface area contributed by atoms with Crippen molar-refractivity contribution in [2.75, 3.05) is 7.11 Å². The van der Waals surface area contributed by atoms with Gasteiger partial charge in [0.05, 0.1) is 7.11 Å². The molecule has 0 radical (unpaired) electrons. The predicted molar refractivity (Wildman–Crippen MR) is 142 cm³/mol. The summed E-state index contributed by atoms with van der Waals surface area (Å²) >= 11 is 0. The molecule has 0 saturated heterocycles. The molecule has 1 saturated carbocycles. The fourth-order valence-corrected chi connectivity index (χ4v) is 6.39. The van der Waals surface area contributed by atoms with E-state index in [9.17, 15) is 0 Å². The number of hydrogen-bond donors (Lipinski definition) is 0. The minimum Gasteiger partial charge on any atom is -0.496 e. The lowest BCUT2D eigenvalue weighted by Gasteiger charge is -2.38. The van der Waals surface area contributed by atoms with Gasteiger partial charge in [-0.2, -0.15) is 0 Å². The lowest BCUT2D eigenvalue weighted by Crippen LogP contribution is -2.37. The largest absolute Gasteiger partial charge is 0.496 e. The summed E-state index contributed by atoms with van der Waals surface area (Å²) < 4.78 is 12.4. The Kier molecular flexibility index (Phi) is 8.50. The zero-order chi connectivity index (χ0) is 24.4. The van der Waals surface area contributed by atoms with Crippen LogP contribution in [0.2, 0.25) is 0 Å². The summed E-state index contributed by atoms with van der Waals surface area (Å²) in [5.74, 6) is 4.86. The summed E-state index contributed by atoms with van der Waals surface area (Å²) in [4.78, 5) is 0. The topological polar surface area (TPSA) is 18.5 Å². The predicted octanol–water partition coefficient (Wildman–Crippen LogP) is 9.14. The first-order chi connectivity index (χ1) is 15.5. The zero-order valence-corrected chi connectivity index (χ0v) is 23.3. The van der Waals surface area contributed by atoms with Gasteiger partial charge < -0.3 is 9.47 Å². The molecule has 1 heterocycles. The molecule has 4 atom stereocenters. The first kappa shape index (κ1) is 26.4. The van der Waals surface area contributed by atoms with Crippen LogP contribution >= 0.6 is 0 Å². The molecular formula is C31H52O2. The lowest BCUT2D eigenvalue weighted by molar-refractivity contribution is 0.0511. The maximum absolute atomic E-state index is 6.73. The molecule has 2 nitrogen and oxygen atoms in total. The summed E-state index contributed by atoms with van der Waals surface area (Å²) in [5, 5.41) is 0. The molecule has 1 aromatic rings. The highest BCUT2D eigenvalue weighted by molar-refractivity contribution is 5.58. The van der Waals surface area contributed by atoms with E-state index in [1.165, 1.54) is 73.6 Å². The third-order valence-electron chi connectivity index (χ3n) is 9.25. The first-order valence-electron chi connectivity index (χ1n) is 13.9. The highest BCUT2D eigenvalue weighted by atomic mass is 16.5. The second kappa shape index (κ2) is 10.6. The van der Waals surface area contributed by atoms with Crippen LogP contribution in [0.1, 0.15) is 121 Å². The monoisotopic (exact) mass is 456 g/mol. The molecule has 188 valence electrons. The van der Waals surface area contributed by atoms with Gasteiger partial charge in [-0.3, -0.25) is 0 Å². The van der Waals surface area contributed by atoms with Crippen molar-refractivity contribution in [3.8, 4) is 11.5 Å². The molecule has 0 aromatic heterocycles. The second-order valence-corrected chi connectivity index (χ2v) is 12.7. The Morgan fingerprint density at radius 3 is 2.30 bits per heavy atom. The molecule has 2 heteroatoms. The van der Waals surface area contributed by atoms with Crippen molar-refractivity contribution < 1.29 is 9.47 Å². The Balaban J connectivity index is 1.43. The number of hydrogen-bond acceptors (Lipinski definition) is 2. The van der Waals surface area contributed by atoms with Gasteiger partial charge >= 0.3 is 0 Å². The van der Waals surface area contributed by atoms with E-state index in [1.807, 2.05) is 0 Å². The van der Waals surface area contributed by atoms with Crippen molar-refractivity contribution in [2.45, 2.75) is 132 Å². The summed E-state index contributed by atoms with van der Waals surface area (Å²) in [7, 11) is 1.78. The van der Waals surface area contributed by atoms with Crippen molar-refractivity contribution >= 4 is 0 Å². The van der Waals surface area contributed by atoms with Gasteiger partial charge in [-0.1, -0.05) is 53.4 Å². The summed E-state index contributed by atoms with van der Waals surface area (Å²) in [5.41, 5.74) is 5.75. The van der Waals surface area contributed by atoms with Crippen molar-refractivity contribution in [1.29, 1.82) is 0 Å². The van der Waals surface area contributed by atoms with Crippen molar-refractivity contribution in [3.63, 3.8) is 0 Å². The van der Waals surface area contributed by atoms with E-state index in [4.69, 9.17) is 9.47 Å². The van der Waals surface area contributed by atoms with Gasteiger partial charge in [0.1, 0.15) is 17.1 Å². The van der Waals surface area contributed by atoms with Crippen LogP contribution in [0.5, 0.6) is 11.5 Å².